The third-order valence-corrected chi connectivity index (χ3v) is 6.10. The van der Waals surface area contributed by atoms with E-state index in [0.29, 0.717) is 29.2 Å². The minimum absolute atomic E-state index is 0.0229. The normalized spacial score (nSPS) is 10.7. The lowest BCUT2D eigenvalue weighted by atomic mass is 10.1. The number of nitrogens with two attached hydrogens (primary N) is 1. The molecule has 4 rings (SSSR count). The second-order valence-corrected chi connectivity index (χ2v) is 8.37. The van der Waals surface area contributed by atoms with E-state index >= 15 is 0 Å². The van der Waals surface area contributed by atoms with Crippen LogP contribution in [0.3, 0.4) is 0 Å². The molecule has 2 amide bonds. The Morgan fingerprint density at radius 1 is 0.871 bits per heavy atom. The zero-order valence-corrected chi connectivity index (χ0v) is 17.7. The number of carbonyl (C=O) groups excluding carboxylic acids is 2. The zero-order valence-electron chi connectivity index (χ0n) is 16.9. The Balaban J connectivity index is 1.36. The molecule has 0 unspecified atom stereocenters. The van der Waals surface area contributed by atoms with Gasteiger partial charge in [0.05, 0.1) is 16.3 Å². The molecule has 31 heavy (non-hydrogen) atoms. The highest BCUT2D eigenvalue weighted by Gasteiger charge is 2.12. The Hall–Kier alpha value is -3.64. The molecular formula is C25H23N3O2S. The van der Waals surface area contributed by atoms with Gasteiger partial charge in [-0.3, -0.25) is 9.59 Å². The van der Waals surface area contributed by atoms with E-state index in [1.807, 2.05) is 66.7 Å². The maximum absolute atomic E-state index is 12.6. The van der Waals surface area contributed by atoms with Crippen molar-refractivity contribution in [2.24, 2.45) is 0 Å². The van der Waals surface area contributed by atoms with Crippen LogP contribution in [0.5, 0.6) is 0 Å². The second kappa shape index (κ2) is 9.45. The molecule has 4 N–H and O–H groups in total. The van der Waals surface area contributed by atoms with Crippen LogP contribution in [0.1, 0.15) is 27.2 Å². The monoisotopic (exact) mass is 429 g/mol. The summed E-state index contributed by atoms with van der Waals surface area (Å²) in [6.07, 6.45) is 1.18. The molecule has 5 nitrogen and oxygen atoms in total. The molecule has 0 aliphatic rings. The Labute approximate surface area is 184 Å². The predicted octanol–water partition coefficient (Wildman–Crippen LogP) is 4.98. The summed E-state index contributed by atoms with van der Waals surface area (Å²) in [6, 6.07) is 25.0. The van der Waals surface area contributed by atoms with Crippen LogP contribution in [0.4, 0.5) is 11.4 Å². The van der Waals surface area contributed by atoms with Crippen LogP contribution in [-0.4, -0.2) is 11.8 Å². The van der Waals surface area contributed by atoms with Gasteiger partial charge >= 0.3 is 0 Å². The topological polar surface area (TPSA) is 84.2 Å². The molecule has 6 heteroatoms. The van der Waals surface area contributed by atoms with Gasteiger partial charge in [0.2, 0.25) is 5.91 Å². The van der Waals surface area contributed by atoms with Crippen molar-refractivity contribution < 1.29 is 9.59 Å². The molecule has 4 aromatic rings. The highest BCUT2D eigenvalue weighted by Crippen LogP contribution is 2.28. The van der Waals surface area contributed by atoms with Crippen LogP contribution < -0.4 is 16.4 Å². The van der Waals surface area contributed by atoms with Gasteiger partial charge in [0.15, 0.2) is 0 Å². The summed E-state index contributed by atoms with van der Waals surface area (Å²) in [5, 5.41) is 6.81. The first kappa shape index (κ1) is 20.6. The van der Waals surface area contributed by atoms with Crippen LogP contribution in [0.25, 0.3) is 10.1 Å². The number of carbonyl (C=O) groups is 2. The van der Waals surface area contributed by atoms with E-state index in [1.54, 1.807) is 12.1 Å². The highest BCUT2D eigenvalue weighted by molar-refractivity contribution is 7.20. The van der Waals surface area contributed by atoms with Crippen molar-refractivity contribution in [1.82, 2.24) is 5.32 Å². The Bertz CT molecular complexity index is 1220. The number of aryl methyl sites for hydroxylation is 1. The molecule has 0 aliphatic heterocycles. The summed E-state index contributed by atoms with van der Waals surface area (Å²) in [5.41, 5.74) is 9.19. The van der Waals surface area contributed by atoms with Crippen LogP contribution in [0, 0.1) is 0 Å². The summed E-state index contributed by atoms with van der Waals surface area (Å²) in [7, 11) is 0. The molecule has 0 spiro atoms. The molecule has 156 valence electrons. The Morgan fingerprint density at radius 2 is 1.65 bits per heavy atom. The lowest BCUT2D eigenvalue weighted by molar-refractivity contribution is -0.121. The third kappa shape index (κ3) is 5.29. The highest BCUT2D eigenvalue weighted by atomic mass is 32.1. The van der Waals surface area contributed by atoms with Gasteiger partial charge < -0.3 is 16.4 Å². The summed E-state index contributed by atoms with van der Waals surface area (Å²) in [5.74, 6) is -0.162. The van der Waals surface area contributed by atoms with Crippen LogP contribution in [-0.2, 0) is 17.8 Å². The van der Waals surface area contributed by atoms with Gasteiger partial charge in [-0.15, -0.1) is 11.3 Å². The maximum atomic E-state index is 12.6. The van der Waals surface area contributed by atoms with E-state index < -0.39 is 0 Å². The summed E-state index contributed by atoms with van der Waals surface area (Å²) in [4.78, 5) is 25.4. The lowest BCUT2D eigenvalue weighted by Crippen LogP contribution is -2.22. The number of para-hydroxylation sites is 2. The fourth-order valence-corrected chi connectivity index (χ4v) is 4.24. The van der Waals surface area contributed by atoms with Gasteiger partial charge in [-0.1, -0.05) is 48.5 Å². The minimum Gasteiger partial charge on any atom is -0.397 e. The largest absolute Gasteiger partial charge is 0.397 e. The van der Waals surface area contributed by atoms with Crippen LogP contribution in [0.15, 0.2) is 78.9 Å². The zero-order chi connectivity index (χ0) is 21.6. The molecule has 1 heterocycles. The van der Waals surface area contributed by atoms with E-state index in [4.69, 9.17) is 5.73 Å². The van der Waals surface area contributed by atoms with Crippen molar-refractivity contribution in [3.63, 3.8) is 0 Å². The SMILES string of the molecule is Nc1ccccc1NC(=O)c1cc2cc(CNC(=O)CCc3ccccc3)ccc2s1. The number of anilines is 2. The summed E-state index contributed by atoms with van der Waals surface area (Å²) >= 11 is 1.43. The number of hydrogen-bond acceptors (Lipinski definition) is 4. The van der Waals surface area contributed by atoms with Crippen molar-refractivity contribution in [2.45, 2.75) is 19.4 Å². The van der Waals surface area contributed by atoms with Gasteiger partial charge in [0, 0.05) is 17.7 Å². The molecule has 0 saturated carbocycles. The summed E-state index contributed by atoms with van der Waals surface area (Å²) in [6.45, 7) is 0.460. The van der Waals surface area contributed by atoms with Crippen molar-refractivity contribution >= 4 is 44.6 Å². The smallest absolute Gasteiger partial charge is 0.265 e. The predicted molar refractivity (Wildman–Crippen MR) is 127 cm³/mol. The molecule has 0 atom stereocenters. The summed E-state index contributed by atoms with van der Waals surface area (Å²) < 4.78 is 1.02. The molecule has 0 fully saturated rings. The number of rotatable bonds is 7. The molecule has 0 aliphatic carbocycles. The number of thiophene rings is 1. The van der Waals surface area contributed by atoms with Gasteiger partial charge in [-0.05, 0) is 53.3 Å². The maximum Gasteiger partial charge on any atom is 0.265 e. The minimum atomic E-state index is -0.185. The van der Waals surface area contributed by atoms with E-state index in [9.17, 15) is 9.59 Å². The van der Waals surface area contributed by atoms with E-state index in [0.717, 1.165) is 27.6 Å². The van der Waals surface area contributed by atoms with Crippen molar-refractivity contribution in [2.75, 3.05) is 11.1 Å². The molecule has 0 radical (unpaired) electrons. The standard InChI is InChI=1S/C25H23N3O2S/c26-20-8-4-5-9-21(20)28-25(30)23-15-19-14-18(10-12-22(19)31-23)16-27-24(29)13-11-17-6-2-1-3-7-17/h1-10,12,14-15H,11,13,16,26H2,(H,27,29)(H,28,30). The third-order valence-electron chi connectivity index (χ3n) is 4.99. The Kier molecular flexibility index (Phi) is 6.29. The first-order valence-electron chi connectivity index (χ1n) is 10.1. The average Bonchev–Trinajstić information content (AvgIpc) is 3.22. The van der Waals surface area contributed by atoms with E-state index in [-0.39, 0.29) is 11.8 Å². The number of fused-ring (bicyclic) bond motifs is 1. The fraction of sp³-hybridized carbons (Fsp3) is 0.120. The van der Waals surface area contributed by atoms with Crippen LogP contribution >= 0.6 is 11.3 Å². The van der Waals surface area contributed by atoms with Crippen molar-refractivity contribution in [3.05, 3.63) is 94.9 Å². The fourth-order valence-electron chi connectivity index (χ4n) is 3.30. The lowest BCUT2D eigenvalue weighted by Gasteiger charge is -2.06. The number of nitrogen functional groups attached to an aromatic ring is 1. The van der Waals surface area contributed by atoms with Crippen molar-refractivity contribution in [3.8, 4) is 0 Å². The second-order valence-electron chi connectivity index (χ2n) is 7.29. The van der Waals surface area contributed by atoms with Gasteiger partial charge in [0.25, 0.3) is 5.91 Å². The van der Waals surface area contributed by atoms with Gasteiger partial charge in [0.1, 0.15) is 0 Å². The first-order chi connectivity index (χ1) is 15.1. The average molecular weight is 430 g/mol. The van der Waals surface area contributed by atoms with E-state index in [1.165, 1.54) is 11.3 Å². The number of hydrogen-bond donors (Lipinski definition) is 3. The van der Waals surface area contributed by atoms with E-state index in [2.05, 4.69) is 10.6 Å². The quantitative estimate of drug-likeness (QED) is 0.362. The molecule has 0 bridgehead atoms. The first-order valence-corrected chi connectivity index (χ1v) is 10.9. The van der Waals surface area contributed by atoms with Gasteiger partial charge in [-0.25, -0.2) is 0 Å². The van der Waals surface area contributed by atoms with Gasteiger partial charge in [-0.2, -0.15) is 0 Å². The Morgan fingerprint density at radius 3 is 2.45 bits per heavy atom. The molecule has 3 aromatic carbocycles. The van der Waals surface area contributed by atoms with Crippen LogP contribution in [0.2, 0.25) is 0 Å². The molecule has 0 saturated heterocycles. The molecular weight excluding hydrogens is 406 g/mol. The number of nitrogens with one attached hydrogen (secondary N) is 2. The number of amides is 2. The van der Waals surface area contributed by atoms with Crippen molar-refractivity contribution in [1.29, 1.82) is 0 Å². The molecule has 1 aromatic heterocycles. The number of benzene rings is 3.